The highest BCUT2D eigenvalue weighted by molar-refractivity contribution is 5.97. The summed E-state index contributed by atoms with van der Waals surface area (Å²) in [6.07, 6.45) is 0.195. The first kappa shape index (κ1) is 13.8. The molecule has 0 unspecified atom stereocenters. The number of para-hydroxylation sites is 1. The minimum atomic E-state index is -0.615. The topological polar surface area (TPSA) is 107 Å². The van der Waals surface area contributed by atoms with Crippen LogP contribution >= 0.6 is 0 Å². The molecule has 0 bridgehead atoms. The maximum atomic E-state index is 11.2. The van der Waals surface area contributed by atoms with E-state index in [2.05, 4.69) is 5.32 Å². The summed E-state index contributed by atoms with van der Waals surface area (Å²) in [5, 5.41) is 2.64. The van der Waals surface area contributed by atoms with Crippen molar-refractivity contribution in [2.24, 2.45) is 5.73 Å². The summed E-state index contributed by atoms with van der Waals surface area (Å²) in [4.78, 5) is 22.4. The normalized spacial score (nSPS) is 9.83. The Labute approximate surface area is 105 Å². The first-order chi connectivity index (χ1) is 8.56. The van der Waals surface area contributed by atoms with Crippen LogP contribution in [0.1, 0.15) is 23.7 Å². The number of carbonyl (C=O) groups is 2. The molecule has 0 aromatic heterocycles. The second kappa shape index (κ2) is 6.48. The van der Waals surface area contributed by atoms with Crippen LogP contribution < -0.4 is 21.5 Å². The molecule has 0 saturated carbocycles. The van der Waals surface area contributed by atoms with Crippen molar-refractivity contribution in [1.29, 1.82) is 0 Å². The van der Waals surface area contributed by atoms with E-state index in [1.807, 2.05) is 6.92 Å². The third kappa shape index (κ3) is 3.65. The van der Waals surface area contributed by atoms with Gasteiger partial charge in [-0.2, -0.15) is 0 Å². The van der Waals surface area contributed by atoms with Crippen molar-refractivity contribution in [1.82, 2.24) is 5.32 Å². The number of ether oxygens (including phenoxy) is 1. The Hall–Kier alpha value is -2.24. The Morgan fingerprint density at radius 2 is 2.11 bits per heavy atom. The molecule has 98 valence electrons. The van der Waals surface area contributed by atoms with Crippen molar-refractivity contribution >= 4 is 17.5 Å². The summed E-state index contributed by atoms with van der Waals surface area (Å²) in [6, 6.07) is 4.75. The van der Waals surface area contributed by atoms with Crippen molar-refractivity contribution in [2.45, 2.75) is 13.3 Å². The van der Waals surface area contributed by atoms with Gasteiger partial charge in [0, 0.05) is 6.54 Å². The number of nitrogens with one attached hydrogen (secondary N) is 1. The maximum Gasteiger partial charge on any atom is 0.252 e. The summed E-state index contributed by atoms with van der Waals surface area (Å²) in [6.45, 7) is 2.54. The summed E-state index contributed by atoms with van der Waals surface area (Å²) < 4.78 is 5.36. The molecule has 2 amide bonds. The van der Waals surface area contributed by atoms with Crippen molar-refractivity contribution in [3.8, 4) is 5.75 Å². The quantitative estimate of drug-likeness (QED) is 0.631. The van der Waals surface area contributed by atoms with Gasteiger partial charge in [-0.1, -0.05) is 6.07 Å². The number of anilines is 1. The van der Waals surface area contributed by atoms with Crippen LogP contribution in [-0.4, -0.2) is 25.0 Å². The molecule has 0 radical (unpaired) electrons. The zero-order valence-electron chi connectivity index (χ0n) is 10.2. The maximum absolute atomic E-state index is 11.2. The van der Waals surface area contributed by atoms with Gasteiger partial charge >= 0.3 is 0 Å². The number of benzene rings is 1. The fourth-order valence-corrected chi connectivity index (χ4v) is 1.44. The van der Waals surface area contributed by atoms with E-state index >= 15 is 0 Å². The van der Waals surface area contributed by atoms with E-state index in [9.17, 15) is 9.59 Å². The predicted molar refractivity (Wildman–Crippen MR) is 68.2 cm³/mol. The Morgan fingerprint density at radius 3 is 2.72 bits per heavy atom. The van der Waals surface area contributed by atoms with Crippen molar-refractivity contribution in [2.75, 3.05) is 18.9 Å². The summed E-state index contributed by atoms with van der Waals surface area (Å²) >= 11 is 0. The highest BCUT2D eigenvalue weighted by Crippen LogP contribution is 2.25. The minimum absolute atomic E-state index is 0.118. The first-order valence-electron chi connectivity index (χ1n) is 5.64. The van der Waals surface area contributed by atoms with Crippen LogP contribution in [0, 0.1) is 0 Å². The van der Waals surface area contributed by atoms with Crippen LogP contribution in [0.25, 0.3) is 0 Å². The average molecular weight is 251 g/mol. The molecule has 1 aromatic rings. The Balaban J connectivity index is 2.67. The Bertz CT molecular complexity index is 446. The lowest BCUT2D eigenvalue weighted by molar-refractivity contribution is -0.121. The average Bonchev–Trinajstić information content (AvgIpc) is 2.31. The van der Waals surface area contributed by atoms with Gasteiger partial charge < -0.3 is 21.5 Å². The van der Waals surface area contributed by atoms with Gasteiger partial charge in [0.1, 0.15) is 0 Å². The van der Waals surface area contributed by atoms with Gasteiger partial charge in [-0.05, 0) is 19.1 Å². The molecular formula is C12H17N3O3. The van der Waals surface area contributed by atoms with Gasteiger partial charge in [-0.3, -0.25) is 9.59 Å². The van der Waals surface area contributed by atoms with Gasteiger partial charge in [0.25, 0.3) is 5.91 Å². The SMILES string of the molecule is CCNC(=O)CCOc1c(N)cccc1C(N)=O. The standard InChI is InChI=1S/C12H17N3O3/c1-2-15-10(16)6-7-18-11-8(12(14)17)4-3-5-9(11)13/h3-5H,2,6-7,13H2,1H3,(H2,14,17)(H,15,16). The van der Waals surface area contributed by atoms with Crippen LogP contribution in [0.4, 0.5) is 5.69 Å². The second-order valence-electron chi connectivity index (χ2n) is 3.64. The fraction of sp³-hybridized carbons (Fsp3) is 0.333. The molecule has 0 fully saturated rings. The molecule has 0 aliphatic rings. The van der Waals surface area contributed by atoms with Crippen molar-refractivity contribution in [3.05, 3.63) is 23.8 Å². The first-order valence-corrected chi connectivity index (χ1v) is 5.64. The van der Waals surface area contributed by atoms with Crippen LogP contribution in [0.2, 0.25) is 0 Å². The number of nitrogens with two attached hydrogens (primary N) is 2. The van der Waals surface area contributed by atoms with Gasteiger partial charge in [-0.25, -0.2) is 0 Å². The smallest absolute Gasteiger partial charge is 0.252 e. The van der Waals surface area contributed by atoms with E-state index in [0.717, 1.165) is 0 Å². The highest BCUT2D eigenvalue weighted by atomic mass is 16.5. The molecule has 0 heterocycles. The number of amides is 2. The van der Waals surface area contributed by atoms with E-state index in [0.29, 0.717) is 12.2 Å². The molecule has 0 aliphatic heterocycles. The number of primary amides is 1. The number of carbonyl (C=O) groups excluding carboxylic acids is 2. The molecule has 0 atom stereocenters. The van der Waals surface area contributed by atoms with E-state index < -0.39 is 5.91 Å². The largest absolute Gasteiger partial charge is 0.490 e. The van der Waals surface area contributed by atoms with Crippen LogP contribution in [-0.2, 0) is 4.79 Å². The monoisotopic (exact) mass is 251 g/mol. The van der Waals surface area contributed by atoms with Crippen LogP contribution in [0.3, 0.4) is 0 Å². The number of nitrogen functional groups attached to an aromatic ring is 1. The minimum Gasteiger partial charge on any atom is -0.490 e. The molecule has 6 nitrogen and oxygen atoms in total. The summed E-state index contributed by atoms with van der Waals surface area (Å²) in [5.41, 5.74) is 11.4. The van der Waals surface area contributed by atoms with Gasteiger partial charge in [-0.15, -0.1) is 0 Å². The molecule has 0 aliphatic carbocycles. The summed E-state index contributed by atoms with van der Waals surface area (Å²) in [5.74, 6) is -0.503. The molecule has 5 N–H and O–H groups in total. The second-order valence-corrected chi connectivity index (χ2v) is 3.64. The van der Waals surface area contributed by atoms with Crippen LogP contribution in [0.15, 0.2) is 18.2 Å². The molecular weight excluding hydrogens is 234 g/mol. The Kier molecular flexibility index (Phi) is 4.98. The molecule has 1 aromatic carbocycles. The van der Waals surface area contributed by atoms with Crippen molar-refractivity contribution < 1.29 is 14.3 Å². The summed E-state index contributed by atoms with van der Waals surface area (Å²) in [7, 11) is 0. The molecule has 0 spiro atoms. The van der Waals surface area contributed by atoms with Gasteiger partial charge in [0.15, 0.2) is 5.75 Å². The fourth-order valence-electron chi connectivity index (χ4n) is 1.44. The van der Waals surface area contributed by atoms with E-state index in [4.69, 9.17) is 16.2 Å². The van der Waals surface area contributed by atoms with E-state index in [1.165, 1.54) is 6.07 Å². The zero-order chi connectivity index (χ0) is 13.5. The predicted octanol–water partition coefficient (Wildman–Crippen LogP) is 0.273. The number of hydrogen-bond donors (Lipinski definition) is 3. The highest BCUT2D eigenvalue weighted by Gasteiger charge is 2.12. The third-order valence-corrected chi connectivity index (χ3v) is 2.26. The molecule has 6 heteroatoms. The Morgan fingerprint density at radius 1 is 1.39 bits per heavy atom. The lowest BCUT2D eigenvalue weighted by Gasteiger charge is -2.11. The van der Waals surface area contributed by atoms with Gasteiger partial charge in [0.05, 0.1) is 24.3 Å². The molecule has 0 saturated heterocycles. The zero-order valence-corrected chi connectivity index (χ0v) is 10.2. The van der Waals surface area contributed by atoms with E-state index in [1.54, 1.807) is 12.1 Å². The lowest BCUT2D eigenvalue weighted by Crippen LogP contribution is -2.24. The van der Waals surface area contributed by atoms with Crippen LogP contribution in [0.5, 0.6) is 5.75 Å². The number of hydrogen-bond acceptors (Lipinski definition) is 4. The van der Waals surface area contributed by atoms with Gasteiger partial charge in [0.2, 0.25) is 5.91 Å². The third-order valence-electron chi connectivity index (χ3n) is 2.26. The molecule has 18 heavy (non-hydrogen) atoms. The van der Waals surface area contributed by atoms with Crippen molar-refractivity contribution in [3.63, 3.8) is 0 Å². The molecule has 1 rings (SSSR count). The lowest BCUT2D eigenvalue weighted by atomic mass is 10.1. The number of rotatable bonds is 6. The van der Waals surface area contributed by atoms with E-state index in [-0.39, 0.29) is 30.2 Å².